The molecule has 2 rings (SSSR count). The van der Waals surface area contributed by atoms with Gasteiger partial charge in [-0.2, -0.15) is 4.31 Å². The van der Waals surface area contributed by atoms with Crippen LogP contribution >= 0.6 is 11.6 Å². The van der Waals surface area contributed by atoms with Gasteiger partial charge in [-0.1, -0.05) is 11.6 Å². The minimum atomic E-state index is -3.76. The molecule has 2 aromatic rings. The van der Waals surface area contributed by atoms with Gasteiger partial charge < -0.3 is 9.32 Å². The third-order valence-electron chi connectivity index (χ3n) is 3.81. The van der Waals surface area contributed by atoms with E-state index in [-0.39, 0.29) is 23.4 Å². The van der Waals surface area contributed by atoms with Crippen molar-refractivity contribution in [3.05, 3.63) is 53.4 Å². The second-order valence-corrected chi connectivity index (χ2v) is 7.89. The number of sulfonamides is 1. The summed E-state index contributed by atoms with van der Waals surface area (Å²) in [5.41, 5.74) is 0. The van der Waals surface area contributed by atoms with E-state index in [4.69, 9.17) is 16.0 Å². The van der Waals surface area contributed by atoms with Crippen LogP contribution in [0, 0.1) is 0 Å². The largest absolute Gasteiger partial charge is 0.467 e. The van der Waals surface area contributed by atoms with Crippen LogP contribution in [-0.4, -0.2) is 44.2 Å². The van der Waals surface area contributed by atoms with Crippen molar-refractivity contribution >= 4 is 27.5 Å². The first-order valence-corrected chi connectivity index (χ1v) is 9.06. The number of benzene rings is 1. The van der Waals surface area contributed by atoms with Gasteiger partial charge in [-0.15, -0.1) is 0 Å². The number of furan rings is 1. The Kier molecular flexibility index (Phi) is 5.69. The van der Waals surface area contributed by atoms with Crippen molar-refractivity contribution in [3.63, 3.8) is 0 Å². The molecule has 24 heavy (non-hydrogen) atoms. The van der Waals surface area contributed by atoms with Crippen LogP contribution in [0.15, 0.2) is 52.0 Å². The predicted molar refractivity (Wildman–Crippen MR) is 91.2 cm³/mol. The molecular weight excluding hydrogens is 352 g/mol. The van der Waals surface area contributed by atoms with Crippen molar-refractivity contribution < 1.29 is 17.6 Å². The molecule has 0 aliphatic rings. The summed E-state index contributed by atoms with van der Waals surface area (Å²) in [4.78, 5) is 13.9. The van der Waals surface area contributed by atoms with Crippen LogP contribution in [0.5, 0.6) is 0 Å². The molecule has 0 aliphatic heterocycles. The van der Waals surface area contributed by atoms with Gasteiger partial charge in [0.25, 0.3) is 0 Å². The van der Waals surface area contributed by atoms with Crippen molar-refractivity contribution in [1.82, 2.24) is 9.21 Å². The normalized spacial score (nSPS) is 13.0. The van der Waals surface area contributed by atoms with E-state index in [0.717, 1.165) is 4.31 Å². The number of likely N-dealkylation sites (N-methyl/N-ethyl adjacent to an activating group) is 2. The first-order valence-electron chi connectivity index (χ1n) is 7.24. The van der Waals surface area contributed by atoms with E-state index in [1.165, 1.54) is 42.5 Å². The van der Waals surface area contributed by atoms with Gasteiger partial charge in [-0.25, -0.2) is 8.42 Å². The summed E-state index contributed by atoms with van der Waals surface area (Å²) in [6.07, 6.45) is 1.53. The number of rotatable bonds is 6. The Morgan fingerprint density at radius 3 is 2.38 bits per heavy atom. The molecule has 1 aromatic heterocycles. The maximum Gasteiger partial charge on any atom is 0.243 e. The van der Waals surface area contributed by atoms with Crippen molar-refractivity contribution in [2.45, 2.75) is 17.9 Å². The number of carbonyl (C=O) groups excluding carboxylic acids is 1. The molecule has 1 heterocycles. The highest BCUT2D eigenvalue weighted by Gasteiger charge is 2.26. The zero-order valence-electron chi connectivity index (χ0n) is 13.6. The topological polar surface area (TPSA) is 70.8 Å². The molecule has 0 fully saturated rings. The zero-order valence-corrected chi connectivity index (χ0v) is 15.2. The second-order valence-electron chi connectivity index (χ2n) is 5.41. The molecule has 0 spiro atoms. The molecule has 0 bridgehead atoms. The molecule has 8 heteroatoms. The van der Waals surface area contributed by atoms with Crippen LogP contribution in [0.1, 0.15) is 18.7 Å². The molecule has 0 aliphatic carbocycles. The standard InChI is InChI=1S/C16H19ClN2O4S/c1-12(15-5-4-10-23-15)19(3)16(20)11-18(2)24(21,22)14-8-6-13(17)7-9-14/h4-10,12H,11H2,1-3H3. The molecule has 0 radical (unpaired) electrons. The molecule has 1 unspecified atom stereocenters. The monoisotopic (exact) mass is 370 g/mol. The summed E-state index contributed by atoms with van der Waals surface area (Å²) >= 11 is 5.77. The Hall–Kier alpha value is -1.83. The van der Waals surface area contributed by atoms with E-state index in [2.05, 4.69) is 0 Å². The summed E-state index contributed by atoms with van der Waals surface area (Å²) in [5.74, 6) is 0.299. The summed E-state index contributed by atoms with van der Waals surface area (Å²) in [5, 5.41) is 0.444. The van der Waals surface area contributed by atoms with Crippen molar-refractivity contribution in [1.29, 1.82) is 0 Å². The van der Waals surface area contributed by atoms with E-state index in [1.807, 2.05) is 6.92 Å². The Balaban J connectivity index is 2.09. The van der Waals surface area contributed by atoms with E-state index < -0.39 is 10.0 Å². The van der Waals surface area contributed by atoms with Crippen LogP contribution in [0.25, 0.3) is 0 Å². The minimum absolute atomic E-state index is 0.0870. The Labute approximate surface area is 146 Å². The van der Waals surface area contributed by atoms with Crippen LogP contribution in [-0.2, 0) is 14.8 Å². The number of hydrogen-bond acceptors (Lipinski definition) is 4. The lowest BCUT2D eigenvalue weighted by molar-refractivity contribution is -0.132. The molecule has 1 atom stereocenters. The summed E-state index contributed by atoms with van der Waals surface area (Å²) < 4.78 is 31.3. The summed E-state index contributed by atoms with van der Waals surface area (Å²) in [6, 6.07) is 9.02. The van der Waals surface area contributed by atoms with Gasteiger partial charge in [0, 0.05) is 19.1 Å². The predicted octanol–water partition coefficient (Wildman–Crippen LogP) is 2.77. The Morgan fingerprint density at radius 1 is 1.21 bits per heavy atom. The zero-order chi connectivity index (χ0) is 17.9. The van der Waals surface area contributed by atoms with E-state index in [1.54, 1.807) is 19.2 Å². The summed E-state index contributed by atoms with van der Waals surface area (Å²) in [6.45, 7) is 1.54. The van der Waals surface area contributed by atoms with Crippen molar-refractivity contribution in [2.75, 3.05) is 20.6 Å². The van der Waals surface area contributed by atoms with Crippen molar-refractivity contribution in [3.8, 4) is 0 Å². The SMILES string of the molecule is CC(c1ccco1)N(C)C(=O)CN(C)S(=O)(=O)c1ccc(Cl)cc1. The fourth-order valence-corrected chi connectivity index (χ4v) is 3.36. The maximum absolute atomic E-state index is 12.5. The van der Waals surface area contributed by atoms with Gasteiger partial charge >= 0.3 is 0 Å². The fraction of sp³-hybridized carbons (Fsp3) is 0.312. The number of halogens is 1. The highest BCUT2D eigenvalue weighted by atomic mass is 35.5. The van der Waals surface area contributed by atoms with Gasteiger partial charge in [0.1, 0.15) is 5.76 Å². The molecule has 0 N–H and O–H groups in total. The minimum Gasteiger partial charge on any atom is -0.467 e. The molecule has 130 valence electrons. The lowest BCUT2D eigenvalue weighted by Crippen LogP contribution is -2.40. The third-order valence-corrected chi connectivity index (χ3v) is 5.88. The molecule has 1 amide bonds. The van der Waals surface area contributed by atoms with Gasteiger partial charge in [0.2, 0.25) is 15.9 Å². The van der Waals surface area contributed by atoms with E-state index in [0.29, 0.717) is 10.8 Å². The molecule has 1 aromatic carbocycles. The van der Waals surface area contributed by atoms with E-state index in [9.17, 15) is 13.2 Å². The summed E-state index contributed by atoms with van der Waals surface area (Å²) in [7, 11) is -0.782. The van der Waals surface area contributed by atoms with Gasteiger partial charge in [-0.05, 0) is 43.3 Å². The number of hydrogen-bond donors (Lipinski definition) is 0. The van der Waals surface area contributed by atoms with Crippen LogP contribution in [0.4, 0.5) is 0 Å². The molecule has 0 saturated heterocycles. The average molecular weight is 371 g/mol. The van der Waals surface area contributed by atoms with Crippen LogP contribution in [0.3, 0.4) is 0 Å². The quantitative estimate of drug-likeness (QED) is 0.783. The van der Waals surface area contributed by atoms with Crippen molar-refractivity contribution in [2.24, 2.45) is 0 Å². The Bertz CT molecular complexity index is 788. The first kappa shape index (κ1) is 18.5. The van der Waals surface area contributed by atoms with Gasteiger partial charge in [0.05, 0.1) is 23.7 Å². The number of nitrogens with zero attached hydrogens (tertiary/aromatic N) is 2. The highest BCUT2D eigenvalue weighted by Crippen LogP contribution is 2.21. The lowest BCUT2D eigenvalue weighted by Gasteiger charge is -2.26. The average Bonchev–Trinajstić information content (AvgIpc) is 3.08. The van der Waals surface area contributed by atoms with Gasteiger partial charge in [0.15, 0.2) is 0 Å². The third kappa shape index (κ3) is 3.98. The molecule has 0 saturated carbocycles. The van der Waals surface area contributed by atoms with Crippen LogP contribution in [0.2, 0.25) is 5.02 Å². The molecular formula is C16H19ClN2O4S. The maximum atomic E-state index is 12.5. The second kappa shape index (κ2) is 7.38. The van der Waals surface area contributed by atoms with Gasteiger partial charge in [-0.3, -0.25) is 4.79 Å². The lowest BCUT2D eigenvalue weighted by atomic mass is 10.2. The number of amides is 1. The fourth-order valence-electron chi connectivity index (χ4n) is 2.11. The van der Waals surface area contributed by atoms with Crippen LogP contribution < -0.4 is 0 Å². The smallest absolute Gasteiger partial charge is 0.243 e. The molecule has 6 nitrogen and oxygen atoms in total. The first-order chi connectivity index (χ1) is 11.2. The Morgan fingerprint density at radius 2 is 1.83 bits per heavy atom. The van der Waals surface area contributed by atoms with E-state index >= 15 is 0 Å². The number of carbonyl (C=O) groups is 1. The highest BCUT2D eigenvalue weighted by molar-refractivity contribution is 7.89.